The maximum atomic E-state index is 12.3. The molecule has 0 fully saturated rings. The van der Waals surface area contributed by atoms with E-state index in [9.17, 15) is 9.90 Å². The minimum atomic E-state index is -0.305. The second-order valence-corrected chi connectivity index (χ2v) is 6.53. The number of amides is 1. The highest BCUT2D eigenvalue weighted by molar-refractivity contribution is 7.13. The predicted octanol–water partition coefficient (Wildman–Crippen LogP) is 3.51. The third-order valence-electron chi connectivity index (χ3n) is 3.55. The van der Waals surface area contributed by atoms with Gasteiger partial charge in [-0.3, -0.25) is 4.79 Å². The Morgan fingerprint density at radius 2 is 1.92 bits per heavy atom. The van der Waals surface area contributed by atoms with E-state index < -0.39 is 0 Å². The van der Waals surface area contributed by atoms with Gasteiger partial charge in [-0.15, -0.1) is 11.3 Å². The van der Waals surface area contributed by atoms with Crippen molar-refractivity contribution in [3.63, 3.8) is 0 Å². The molecule has 3 rings (SSSR count). The van der Waals surface area contributed by atoms with Crippen molar-refractivity contribution in [1.29, 1.82) is 0 Å². The van der Waals surface area contributed by atoms with Gasteiger partial charge in [0.15, 0.2) is 0 Å². The van der Waals surface area contributed by atoms with Crippen LogP contribution in [0.3, 0.4) is 0 Å². The van der Waals surface area contributed by atoms with E-state index in [0.717, 1.165) is 10.6 Å². The molecule has 0 saturated carbocycles. The number of phenolic OH excluding ortho intramolecular Hbond substituents is 1. The largest absolute Gasteiger partial charge is 0.507 e. The zero-order valence-corrected chi connectivity index (χ0v) is 14.5. The minimum absolute atomic E-state index is 0.111. The average molecular weight is 351 g/mol. The number of benzene rings is 2. The minimum Gasteiger partial charge on any atom is -0.507 e. The van der Waals surface area contributed by atoms with Crippen molar-refractivity contribution < 1.29 is 9.90 Å². The average Bonchev–Trinajstić information content (AvgIpc) is 2.98. The van der Waals surface area contributed by atoms with Gasteiger partial charge in [0.25, 0.3) is 5.91 Å². The fourth-order valence-electron chi connectivity index (χ4n) is 2.32. The van der Waals surface area contributed by atoms with Crippen LogP contribution in [0.1, 0.15) is 31.5 Å². The molecule has 0 bridgehead atoms. The molecule has 0 unspecified atom stereocenters. The van der Waals surface area contributed by atoms with E-state index in [0.29, 0.717) is 22.6 Å². The molecule has 1 amide bonds. The molecule has 1 heterocycles. The van der Waals surface area contributed by atoms with E-state index >= 15 is 0 Å². The summed E-state index contributed by atoms with van der Waals surface area (Å²) in [6.45, 7) is 1.81. The predicted molar refractivity (Wildman–Crippen MR) is 99.3 cm³/mol. The first-order valence-corrected chi connectivity index (χ1v) is 8.57. The third-order valence-corrected chi connectivity index (χ3v) is 4.71. The molecule has 2 N–H and O–H groups in total. The number of phenols is 1. The Morgan fingerprint density at radius 1 is 1.20 bits per heavy atom. The number of aromatic nitrogens is 1. The van der Waals surface area contributed by atoms with E-state index in [1.807, 2.05) is 37.3 Å². The SMILES string of the molecule is Cc1nc(Cc2ccccc2)sc1C(=O)N/N=C/c1ccccc1O. The van der Waals surface area contributed by atoms with Crippen LogP contribution in [0.2, 0.25) is 0 Å². The molecule has 0 radical (unpaired) electrons. The quantitative estimate of drug-likeness (QED) is 0.546. The van der Waals surface area contributed by atoms with Gasteiger partial charge in [-0.05, 0) is 24.6 Å². The lowest BCUT2D eigenvalue weighted by atomic mass is 10.2. The van der Waals surface area contributed by atoms with Crippen LogP contribution in [0.15, 0.2) is 59.7 Å². The summed E-state index contributed by atoms with van der Waals surface area (Å²) in [5.74, 6) is -0.194. The molecule has 6 heteroatoms. The van der Waals surface area contributed by atoms with Gasteiger partial charge in [0.1, 0.15) is 10.6 Å². The van der Waals surface area contributed by atoms with E-state index in [-0.39, 0.29) is 11.7 Å². The number of carbonyl (C=O) groups excluding carboxylic acids is 1. The van der Waals surface area contributed by atoms with Crippen molar-refractivity contribution in [2.75, 3.05) is 0 Å². The first-order chi connectivity index (χ1) is 12.1. The number of hydrogen-bond donors (Lipinski definition) is 2. The first kappa shape index (κ1) is 16.9. The van der Waals surface area contributed by atoms with Crippen LogP contribution in [-0.4, -0.2) is 22.2 Å². The molecule has 5 nitrogen and oxygen atoms in total. The number of thiazole rings is 1. The number of carbonyl (C=O) groups is 1. The van der Waals surface area contributed by atoms with Crippen molar-refractivity contribution in [2.24, 2.45) is 5.10 Å². The van der Waals surface area contributed by atoms with E-state index in [2.05, 4.69) is 15.5 Å². The number of hydrazone groups is 1. The summed E-state index contributed by atoms with van der Waals surface area (Å²) in [6.07, 6.45) is 2.11. The maximum Gasteiger partial charge on any atom is 0.283 e. The maximum absolute atomic E-state index is 12.3. The monoisotopic (exact) mass is 351 g/mol. The van der Waals surface area contributed by atoms with Crippen LogP contribution in [-0.2, 0) is 6.42 Å². The fraction of sp³-hybridized carbons (Fsp3) is 0.105. The van der Waals surface area contributed by atoms with Gasteiger partial charge >= 0.3 is 0 Å². The topological polar surface area (TPSA) is 74.6 Å². The van der Waals surface area contributed by atoms with Gasteiger partial charge in [-0.1, -0.05) is 42.5 Å². The molecular weight excluding hydrogens is 334 g/mol. The summed E-state index contributed by atoms with van der Waals surface area (Å²) in [7, 11) is 0. The highest BCUT2D eigenvalue weighted by atomic mass is 32.1. The number of para-hydroxylation sites is 1. The van der Waals surface area contributed by atoms with Gasteiger partial charge in [-0.2, -0.15) is 5.10 Å². The van der Waals surface area contributed by atoms with Gasteiger partial charge in [0, 0.05) is 12.0 Å². The Labute approximate surface area is 149 Å². The molecule has 0 aliphatic heterocycles. The Kier molecular flexibility index (Phi) is 5.20. The van der Waals surface area contributed by atoms with Crippen LogP contribution >= 0.6 is 11.3 Å². The molecule has 3 aromatic rings. The standard InChI is InChI=1S/C19H17N3O2S/c1-13-18(25-17(21-13)11-14-7-3-2-4-8-14)19(24)22-20-12-15-9-5-6-10-16(15)23/h2-10,12,23H,11H2,1H3,(H,22,24)/b20-12+. The summed E-state index contributed by atoms with van der Waals surface area (Å²) in [5.41, 5.74) is 4.86. The molecule has 1 aromatic heterocycles. The molecule has 0 saturated heterocycles. The molecule has 2 aromatic carbocycles. The van der Waals surface area contributed by atoms with E-state index in [1.54, 1.807) is 24.3 Å². The second kappa shape index (κ2) is 7.72. The van der Waals surface area contributed by atoms with Crippen molar-refractivity contribution in [2.45, 2.75) is 13.3 Å². The first-order valence-electron chi connectivity index (χ1n) is 7.75. The molecule has 126 valence electrons. The fourth-order valence-corrected chi connectivity index (χ4v) is 3.31. The number of nitrogens with zero attached hydrogens (tertiary/aromatic N) is 2. The molecule has 0 aliphatic carbocycles. The Balaban J connectivity index is 1.67. The molecule has 0 spiro atoms. The van der Waals surface area contributed by atoms with Crippen molar-refractivity contribution in [3.8, 4) is 5.75 Å². The van der Waals surface area contributed by atoms with Crippen molar-refractivity contribution in [3.05, 3.63) is 81.3 Å². The molecule has 0 aliphatic rings. The smallest absolute Gasteiger partial charge is 0.283 e. The number of rotatable bonds is 5. The Hall–Kier alpha value is -2.99. The van der Waals surface area contributed by atoms with Gasteiger partial charge in [0.05, 0.1) is 16.9 Å². The molecule has 0 atom stereocenters. The number of hydrogen-bond acceptors (Lipinski definition) is 5. The zero-order valence-electron chi connectivity index (χ0n) is 13.6. The molecule has 25 heavy (non-hydrogen) atoms. The number of aromatic hydroxyl groups is 1. The highest BCUT2D eigenvalue weighted by Crippen LogP contribution is 2.21. The normalized spacial score (nSPS) is 10.9. The summed E-state index contributed by atoms with van der Waals surface area (Å²) >= 11 is 1.37. The van der Waals surface area contributed by atoms with Crippen LogP contribution < -0.4 is 5.43 Å². The van der Waals surface area contributed by atoms with Gasteiger partial charge in [0.2, 0.25) is 0 Å². The number of aryl methyl sites for hydroxylation is 1. The molecular formula is C19H17N3O2S. The summed E-state index contributed by atoms with van der Waals surface area (Å²) in [6, 6.07) is 16.8. The lowest BCUT2D eigenvalue weighted by Crippen LogP contribution is -2.17. The summed E-state index contributed by atoms with van der Waals surface area (Å²) in [4.78, 5) is 17.3. The van der Waals surface area contributed by atoms with Gasteiger partial charge in [-0.25, -0.2) is 10.4 Å². The van der Waals surface area contributed by atoms with Crippen LogP contribution in [0.25, 0.3) is 0 Å². The Bertz CT molecular complexity index is 904. The van der Waals surface area contributed by atoms with Crippen LogP contribution in [0, 0.1) is 6.92 Å². The van der Waals surface area contributed by atoms with Crippen molar-refractivity contribution >= 4 is 23.5 Å². The number of nitrogens with one attached hydrogen (secondary N) is 1. The second-order valence-electron chi connectivity index (χ2n) is 5.44. The Morgan fingerprint density at radius 3 is 2.68 bits per heavy atom. The van der Waals surface area contributed by atoms with E-state index in [1.165, 1.54) is 17.6 Å². The highest BCUT2D eigenvalue weighted by Gasteiger charge is 2.15. The lowest BCUT2D eigenvalue weighted by Gasteiger charge is -1.99. The van der Waals surface area contributed by atoms with Crippen LogP contribution in [0.5, 0.6) is 5.75 Å². The summed E-state index contributed by atoms with van der Waals surface area (Å²) in [5, 5.41) is 14.5. The van der Waals surface area contributed by atoms with Gasteiger partial charge < -0.3 is 5.11 Å². The van der Waals surface area contributed by atoms with E-state index in [4.69, 9.17) is 0 Å². The summed E-state index contributed by atoms with van der Waals surface area (Å²) < 4.78 is 0. The lowest BCUT2D eigenvalue weighted by molar-refractivity contribution is 0.0958. The van der Waals surface area contributed by atoms with Crippen molar-refractivity contribution in [1.82, 2.24) is 10.4 Å². The third kappa shape index (κ3) is 4.30. The zero-order chi connectivity index (χ0) is 17.6. The van der Waals surface area contributed by atoms with Crippen LogP contribution in [0.4, 0.5) is 0 Å².